The Morgan fingerprint density at radius 1 is 1.27 bits per heavy atom. The molecule has 0 fully saturated rings. The maximum Gasteiger partial charge on any atom is 0.185 e. The van der Waals surface area contributed by atoms with Gasteiger partial charge >= 0.3 is 0 Å². The summed E-state index contributed by atoms with van der Waals surface area (Å²) in [5, 5.41) is 0. The van der Waals surface area contributed by atoms with Crippen molar-refractivity contribution in [1.82, 2.24) is 4.90 Å². The lowest BCUT2D eigenvalue weighted by Gasteiger charge is -2.18. The van der Waals surface area contributed by atoms with Crippen LogP contribution in [0.2, 0.25) is 0 Å². The fourth-order valence-electron chi connectivity index (χ4n) is 2.84. The number of benzene rings is 1. The van der Waals surface area contributed by atoms with Gasteiger partial charge in [0.15, 0.2) is 11.6 Å². The third-order valence-electron chi connectivity index (χ3n) is 4.14. The topological polar surface area (TPSA) is 37.4 Å². The molecule has 0 aliphatic heterocycles. The van der Waals surface area contributed by atoms with E-state index < -0.39 is 0 Å². The van der Waals surface area contributed by atoms with E-state index >= 15 is 0 Å². The van der Waals surface area contributed by atoms with Crippen LogP contribution < -0.4 is 0 Å². The average Bonchev–Trinajstić information content (AvgIpc) is 2.51. The fraction of sp³-hybridized carbons (Fsp3) is 0.444. The van der Waals surface area contributed by atoms with Crippen LogP contribution in [-0.2, 0) is 6.42 Å². The lowest BCUT2D eigenvalue weighted by Crippen LogP contribution is -2.24. The molecule has 0 atom stereocenters. The Balaban J connectivity index is 2.12. The molecule has 0 aromatic heterocycles. The number of Topliss-reactive ketones (excluding diaryl/α,β-unsaturated/α-hetero) is 1. The summed E-state index contributed by atoms with van der Waals surface area (Å²) in [7, 11) is 0. The Morgan fingerprint density at radius 3 is 2.68 bits per heavy atom. The first-order valence-electron chi connectivity index (χ1n) is 7.85. The Hall–Kier alpha value is -1.01. The van der Waals surface area contributed by atoms with E-state index in [0.717, 1.165) is 40.8 Å². The Morgan fingerprint density at radius 2 is 2.00 bits per heavy atom. The number of halogens is 1. The van der Waals surface area contributed by atoms with Gasteiger partial charge in [0, 0.05) is 21.1 Å². The summed E-state index contributed by atoms with van der Waals surface area (Å²) >= 11 is 2.18. The summed E-state index contributed by atoms with van der Waals surface area (Å²) in [6.45, 7) is 7.26. The van der Waals surface area contributed by atoms with E-state index in [2.05, 4.69) is 41.3 Å². The van der Waals surface area contributed by atoms with Crippen LogP contribution in [0.1, 0.15) is 53.0 Å². The lowest BCUT2D eigenvalue weighted by atomic mass is 9.89. The number of fused-ring (bicyclic) bond motifs is 1. The zero-order valence-corrected chi connectivity index (χ0v) is 15.4. The summed E-state index contributed by atoms with van der Waals surface area (Å²) in [4.78, 5) is 26.9. The molecule has 1 aromatic rings. The van der Waals surface area contributed by atoms with Gasteiger partial charge in [-0.25, -0.2) is 0 Å². The van der Waals surface area contributed by atoms with Crippen molar-refractivity contribution in [2.24, 2.45) is 0 Å². The van der Waals surface area contributed by atoms with Crippen molar-refractivity contribution >= 4 is 34.2 Å². The molecule has 0 unspecified atom stereocenters. The maximum atomic E-state index is 12.6. The van der Waals surface area contributed by atoms with Gasteiger partial charge in [-0.3, -0.25) is 9.59 Å². The SMILES string of the molecule is CCN(CC)CCCC(=O)c1cc(I)cc2c1CC=CC2=O. The molecular formula is C18H22INO2. The van der Waals surface area contributed by atoms with Crippen molar-refractivity contribution in [3.63, 3.8) is 0 Å². The van der Waals surface area contributed by atoms with Gasteiger partial charge in [0.2, 0.25) is 0 Å². The second-order valence-electron chi connectivity index (χ2n) is 5.50. The average molecular weight is 411 g/mol. The highest BCUT2D eigenvalue weighted by atomic mass is 127. The minimum absolute atomic E-state index is 0.0111. The van der Waals surface area contributed by atoms with Gasteiger partial charge in [0.25, 0.3) is 0 Å². The lowest BCUT2D eigenvalue weighted by molar-refractivity contribution is 0.0974. The molecule has 1 aromatic carbocycles. The van der Waals surface area contributed by atoms with Crippen LogP contribution in [0.15, 0.2) is 24.3 Å². The van der Waals surface area contributed by atoms with Gasteiger partial charge in [0.1, 0.15) is 0 Å². The quantitative estimate of drug-likeness (QED) is 0.505. The second-order valence-corrected chi connectivity index (χ2v) is 6.75. The number of carbonyl (C=O) groups excluding carboxylic acids is 2. The summed E-state index contributed by atoms with van der Waals surface area (Å²) in [5.74, 6) is 0.168. The molecule has 3 nitrogen and oxygen atoms in total. The Labute approximate surface area is 145 Å². The number of nitrogens with zero attached hydrogens (tertiary/aromatic N) is 1. The van der Waals surface area contributed by atoms with Crippen molar-refractivity contribution in [3.8, 4) is 0 Å². The minimum Gasteiger partial charge on any atom is -0.304 e. The van der Waals surface area contributed by atoms with Crippen molar-refractivity contribution in [3.05, 3.63) is 44.5 Å². The first-order chi connectivity index (χ1) is 10.6. The van der Waals surface area contributed by atoms with E-state index in [4.69, 9.17) is 0 Å². The van der Waals surface area contributed by atoms with Crippen molar-refractivity contribution in [2.45, 2.75) is 33.1 Å². The molecule has 1 aliphatic carbocycles. The van der Waals surface area contributed by atoms with Gasteiger partial charge in [-0.1, -0.05) is 19.9 Å². The third-order valence-corrected chi connectivity index (χ3v) is 4.77. The summed E-state index contributed by atoms with van der Waals surface area (Å²) in [5.41, 5.74) is 2.33. The molecule has 0 amide bonds. The number of carbonyl (C=O) groups is 2. The molecule has 22 heavy (non-hydrogen) atoms. The van der Waals surface area contributed by atoms with Crippen molar-refractivity contribution in [1.29, 1.82) is 0 Å². The highest BCUT2D eigenvalue weighted by Crippen LogP contribution is 2.25. The number of hydrogen-bond acceptors (Lipinski definition) is 3. The molecule has 118 valence electrons. The highest BCUT2D eigenvalue weighted by molar-refractivity contribution is 14.1. The van der Waals surface area contributed by atoms with Crippen LogP contribution in [0.4, 0.5) is 0 Å². The Bertz CT molecular complexity index is 603. The number of ketones is 2. The predicted molar refractivity (Wildman–Crippen MR) is 97.7 cm³/mol. The van der Waals surface area contributed by atoms with E-state index in [9.17, 15) is 9.59 Å². The zero-order chi connectivity index (χ0) is 16.1. The van der Waals surface area contributed by atoms with E-state index in [0.29, 0.717) is 18.4 Å². The van der Waals surface area contributed by atoms with Crippen LogP contribution >= 0.6 is 22.6 Å². The second kappa shape index (κ2) is 8.02. The van der Waals surface area contributed by atoms with E-state index in [1.165, 1.54) is 0 Å². The van der Waals surface area contributed by atoms with Gasteiger partial charge < -0.3 is 4.90 Å². The molecule has 0 radical (unpaired) electrons. The molecule has 4 heteroatoms. The highest BCUT2D eigenvalue weighted by Gasteiger charge is 2.20. The largest absolute Gasteiger partial charge is 0.304 e. The van der Waals surface area contributed by atoms with Crippen LogP contribution in [0.3, 0.4) is 0 Å². The van der Waals surface area contributed by atoms with Gasteiger partial charge in [0.05, 0.1) is 0 Å². The van der Waals surface area contributed by atoms with Crippen LogP contribution in [0.5, 0.6) is 0 Å². The Kier molecular flexibility index (Phi) is 6.32. The van der Waals surface area contributed by atoms with E-state index in [1.54, 1.807) is 6.08 Å². The molecule has 0 N–H and O–H groups in total. The molecule has 1 aliphatic rings. The van der Waals surface area contributed by atoms with Crippen molar-refractivity contribution < 1.29 is 9.59 Å². The smallest absolute Gasteiger partial charge is 0.185 e. The summed E-state index contributed by atoms with van der Waals surface area (Å²) < 4.78 is 0.951. The van der Waals surface area contributed by atoms with E-state index in [-0.39, 0.29) is 11.6 Å². The maximum absolute atomic E-state index is 12.6. The standard InChI is InChI=1S/C18H22INO2/c1-3-20(4-2)10-6-9-18(22)16-12-13(19)11-15-14(16)7-5-8-17(15)21/h5,8,11-12H,3-4,6-7,9-10H2,1-2H3. The van der Waals surface area contributed by atoms with Crippen molar-refractivity contribution in [2.75, 3.05) is 19.6 Å². The first kappa shape index (κ1) is 17.3. The number of hydrogen-bond donors (Lipinski definition) is 0. The monoisotopic (exact) mass is 411 g/mol. The normalized spacial score (nSPS) is 13.5. The zero-order valence-electron chi connectivity index (χ0n) is 13.2. The first-order valence-corrected chi connectivity index (χ1v) is 8.93. The van der Waals surface area contributed by atoms with Crippen LogP contribution in [-0.4, -0.2) is 36.1 Å². The molecular weight excluding hydrogens is 389 g/mol. The molecule has 0 heterocycles. The predicted octanol–water partition coefficient (Wildman–Crippen LogP) is 3.89. The molecule has 0 saturated heterocycles. The third kappa shape index (κ3) is 4.04. The van der Waals surface area contributed by atoms with Gasteiger partial charge in [-0.15, -0.1) is 0 Å². The van der Waals surface area contributed by atoms with Gasteiger partial charge in [-0.05, 0) is 78.8 Å². The number of rotatable bonds is 7. The van der Waals surface area contributed by atoms with Crippen LogP contribution in [0.25, 0.3) is 0 Å². The summed E-state index contributed by atoms with van der Waals surface area (Å²) in [6.07, 6.45) is 5.54. The molecule has 0 saturated carbocycles. The van der Waals surface area contributed by atoms with Gasteiger partial charge in [-0.2, -0.15) is 0 Å². The summed E-state index contributed by atoms with van der Waals surface area (Å²) in [6, 6.07) is 3.81. The minimum atomic E-state index is 0.0111. The number of allylic oxidation sites excluding steroid dienone is 2. The fourth-order valence-corrected chi connectivity index (χ4v) is 3.46. The van der Waals surface area contributed by atoms with E-state index in [1.807, 2.05) is 18.2 Å². The molecule has 0 bridgehead atoms. The molecule has 0 spiro atoms. The van der Waals surface area contributed by atoms with Crippen LogP contribution in [0, 0.1) is 3.57 Å². The molecule has 2 rings (SSSR count).